The second-order valence-electron chi connectivity index (χ2n) is 5.77. The number of amides is 1. The second kappa shape index (κ2) is 6.27. The number of carbonyl (C=O) groups is 1. The summed E-state index contributed by atoms with van der Waals surface area (Å²) >= 11 is 3.49. The largest absolute Gasteiger partial charge is 0.337 e. The molecule has 4 heteroatoms. The fourth-order valence-corrected chi connectivity index (χ4v) is 3.80. The van der Waals surface area contributed by atoms with Crippen LogP contribution in [0.2, 0.25) is 0 Å². The van der Waals surface area contributed by atoms with Crippen molar-refractivity contribution in [1.82, 2.24) is 9.80 Å². The number of hydrogen-bond donors (Lipinski definition) is 0. The molecule has 1 aromatic rings. The Morgan fingerprint density at radius 2 is 1.85 bits per heavy atom. The Morgan fingerprint density at radius 3 is 2.60 bits per heavy atom. The topological polar surface area (TPSA) is 23.6 Å². The maximum absolute atomic E-state index is 12.7. The standard InChI is InChI=1S/C16H21BrN2O/c17-15-8-2-1-7-14(15)16(20)19-11-5-6-13(12-19)18-9-3-4-10-18/h1-2,7-8,13H,3-6,9-12H2. The number of benzene rings is 1. The highest BCUT2D eigenvalue weighted by Crippen LogP contribution is 2.24. The van der Waals surface area contributed by atoms with Gasteiger partial charge in [0.1, 0.15) is 0 Å². The van der Waals surface area contributed by atoms with Gasteiger partial charge in [-0.15, -0.1) is 0 Å². The lowest BCUT2D eigenvalue weighted by atomic mass is 10.0. The van der Waals surface area contributed by atoms with Crippen molar-refractivity contribution in [3.8, 4) is 0 Å². The molecule has 0 radical (unpaired) electrons. The van der Waals surface area contributed by atoms with E-state index < -0.39 is 0 Å². The Morgan fingerprint density at radius 1 is 1.10 bits per heavy atom. The van der Waals surface area contributed by atoms with Gasteiger partial charge in [-0.25, -0.2) is 0 Å². The average Bonchev–Trinajstić information content (AvgIpc) is 3.01. The fraction of sp³-hybridized carbons (Fsp3) is 0.562. The Labute approximate surface area is 129 Å². The molecule has 3 nitrogen and oxygen atoms in total. The first-order valence-corrected chi connectivity index (χ1v) is 8.33. The van der Waals surface area contributed by atoms with Gasteiger partial charge in [-0.2, -0.15) is 0 Å². The average molecular weight is 337 g/mol. The first-order valence-electron chi connectivity index (χ1n) is 7.53. The van der Waals surface area contributed by atoms with Crippen LogP contribution >= 0.6 is 15.9 Å². The molecule has 2 fully saturated rings. The maximum Gasteiger partial charge on any atom is 0.255 e. The smallest absolute Gasteiger partial charge is 0.255 e. The zero-order valence-corrected chi connectivity index (χ0v) is 13.3. The molecular weight excluding hydrogens is 316 g/mol. The third-order valence-corrected chi connectivity index (χ3v) is 5.14. The molecule has 108 valence electrons. The summed E-state index contributed by atoms with van der Waals surface area (Å²) in [7, 11) is 0. The molecule has 0 aliphatic carbocycles. The van der Waals surface area contributed by atoms with Gasteiger partial charge in [0, 0.05) is 23.6 Å². The molecule has 0 saturated carbocycles. The number of hydrogen-bond acceptors (Lipinski definition) is 2. The normalized spacial score (nSPS) is 24.1. The summed E-state index contributed by atoms with van der Waals surface area (Å²) in [5, 5.41) is 0. The summed E-state index contributed by atoms with van der Waals surface area (Å²) in [6.07, 6.45) is 4.99. The molecule has 1 aromatic carbocycles. The molecule has 0 aromatic heterocycles. The van der Waals surface area contributed by atoms with Gasteiger partial charge in [0.25, 0.3) is 5.91 Å². The van der Waals surface area contributed by atoms with E-state index >= 15 is 0 Å². The number of rotatable bonds is 2. The number of piperidine rings is 1. The molecule has 2 aliphatic heterocycles. The molecule has 3 rings (SSSR count). The molecule has 0 bridgehead atoms. The Hall–Kier alpha value is -0.870. The van der Waals surface area contributed by atoms with Crippen molar-refractivity contribution in [2.24, 2.45) is 0 Å². The monoisotopic (exact) mass is 336 g/mol. The molecule has 0 spiro atoms. The second-order valence-corrected chi connectivity index (χ2v) is 6.62. The lowest BCUT2D eigenvalue weighted by molar-refractivity contribution is 0.0607. The van der Waals surface area contributed by atoms with Crippen LogP contribution in [-0.4, -0.2) is 47.9 Å². The number of carbonyl (C=O) groups excluding carboxylic acids is 1. The van der Waals surface area contributed by atoms with E-state index in [0.29, 0.717) is 6.04 Å². The summed E-state index contributed by atoms with van der Waals surface area (Å²) < 4.78 is 0.897. The van der Waals surface area contributed by atoms with Gasteiger partial charge in [-0.1, -0.05) is 12.1 Å². The highest BCUT2D eigenvalue weighted by atomic mass is 79.9. The SMILES string of the molecule is O=C(c1ccccc1Br)N1CCCC(N2CCCC2)C1. The number of halogens is 1. The molecule has 1 atom stereocenters. The maximum atomic E-state index is 12.7. The zero-order chi connectivity index (χ0) is 13.9. The molecule has 2 aliphatic rings. The minimum absolute atomic E-state index is 0.168. The van der Waals surface area contributed by atoms with Gasteiger partial charge in [0.2, 0.25) is 0 Å². The number of nitrogens with zero attached hydrogens (tertiary/aromatic N) is 2. The van der Waals surface area contributed by atoms with Gasteiger partial charge >= 0.3 is 0 Å². The van der Waals surface area contributed by atoms with Crippen molar-refractivity contribution in [3.63, 3.8) is 0 Å². The lowest BCUT2D eigenvalue weighted by Gasteiger charge is -2.37. The van der Waals surface area contributed by atoms with Crippen LogP contribution in [0.25, 0.3) is 0 Å². The van der Waals surface area contributed by atoms with E-state index in [9.17, 15) is 4.79 Å². The first kappa shape index (κ1) is 14.1. The third-order valence-electron chi connectivity index (χ3n) is 4.45. The van der Waals surface area contributed by atoms with Crippen LogP contribution in [0.15, 0.2) is 28.7 Å². The van der Waals surface area contributed by atoms with E-state index in [4.69, 9.17) is 0 Å². The summed E-state index contributed by atoms with van der Waals surface area (Å²) in [5.41, 5.74) is 0.787. The van der Waals surface area contributed by atoms with Gasteiger partial charge < -0.3 is 4.90 Å². The summed E-state index contributed by atoms with van der Waals surface area (Å²) in [4.78, 5) is 17.3. The molecular formula is C16H21BrN2O. The predicted octanol–water partition coefficient (Wildman–Crippen LogP) is 3.15. The van der Waals surface area contributed by atoms with E-state index in [1.807, 2.05) is 29.2 Å². The van der Waals surface area contributed by atoms with Crippen LogP contribution in [-0.2, 0) is 0 Å². The lowest BCUT2D eigenvalue weighted by Crippen LogP contribution is -2.49. The van der Waals surface area contributed by atoms with Crippen LogP contribution in [0.3, 0.4) is 0 Å². The van der Waals surface area contributed by atoms with Crippen molar-refractivity contribution in [3.05, 3.63) is 34.3 Å². The minimum Gasteiger partial charge on any atom is -0.337 e. The van der Waals surface area contributed by atoms with Crippen LogP contribution in [0.1, 0.15) is 36.0 Å². The predicted molar refractivity (Wildman–Crippen MR) is 83.9 cm³/mol. The summed E-state index contributed by atoms with van der Waals surface area (Å²) in [5.74, 6) is 0.168. The van der Waals surface area contributed by atoms with E-state index in [0.717, 1.165) is 29.5 Å². The van der Waals surface area contributed by atoms with Gasteiger partial charge in [-0.3, -0.25) is 9.69 Å². The summed E-state index contributed by atoms with van der Waals surface area (Å²) in [6.45, 7) is 4.20. The fourth-order valence-electron chi connectivity index (χ4n) is 3.35. The van der Waals surface area contributed by atoms with Crippen molar-refractivity contribution >= 4 is 21.8 Å². The van der Waals surface area contributed by atoms with Crippen LogP contribution in [0.4, 0.5) is 0 Å². The molecule has 1 amide bonds. The van der Waals surface area contributed by atoms with Gasteiger partial charge in [-0.05, 0) is 66.8 Å². The van der Waals surface area contributed by atoms with E-state index in [2.05, 4.69) is 20.8 Å². The minimum atomic E-state index is 0.168. The number of likely N-dealkylation sites (tertiary alicyclic amines) is 2. The Bertz CT molecular complexity index is 485. The van der Waals surface area contributed by atoms with Crippen LogP contribution < -0.4 is 0 Å². The van der Waals surface area contributed by atoms with Crippen molar-refractivity contribution < 1.29 is 4.79 Å². The van der Waals surface area contributed by atoms with Crippen LogP contribution in [0.5, 0.6) is 0 Å². The third kappa shape index (κ3) is 2.91. The molecule has 20 heavy (non-hydrogen) atoms. The summed E-state index contributed by atoms with van der Waals surface area (Å²) in [6, 6.07) is 8.29. The quantitative estimate of drug-likeness (QED) is 0.828. The highest BCUT2D eigenvalue weighted by Gasteiger charge is 2.30. The highest BCUT2D eigenvalue weighted by molar-refractivity contribution is 9.10. The van der Waals surface area contributed by atoms with Crippen molar-refractivity contribution in [2.45, 2.75) is 31.7 Å². The van der Waals surface area contributed by atoms with E-state index in [1.54, 1.807) is 0 Å². The molecule has 0 N–H and O–H groups in total. The Balaban J connectivity index is 1.70. The van der Waals surface area contributed by atoms with Crippen molar-refractivity contribution in [1.29, 1.82) is 0 Å². The molecule has 1 unspecified atom stereocenters. The van der Waals surface area contributed by atoms with Gasteiger partial charge in [0.15, 0.2) is 0 Å². The molecule has 2 saturated heterocycles. The van der Waals surface area contributed by atoms with E-state index in [-0.39, 0.29) is 5.91 Å². The zero-order valence-electron chi connectivity index (χ0n) is 11.7. The van der Waals surface area contributed by atoms with E-state index in [1.165, 1.54) is 32.4 Å². The van der Waals surface area contributed by atoms with Crippen LogP contribution in [0, 0.1) is 0 Å². The molecule has 2 heterocycles. The van der Waals surface area contributed by atoms with Crippen molar-refractivity contribution in [2.75, 3.05) is 26.2 Å². The Kier molecular flexibility index (Phi) is 4.41. The first-order chi connectivity index (χ1) is 9.75. The van der Waals surface area contributed by atoms with Gasteiger partial charge in [0.05, 0.1) is 5.56 Å².